The highest BCUT2D eigenvalue weighted by Gasteiger charge is 2.55. The Balaban J connectivity index is 2.43. The van der Waals surface area contributed by atoms with E-state index in [1.807, 2.05) is 0 Å². The van der Waals surface area contributed by atoms with Gasteiger partial charge in [-0.05, 0) is 73.1 Å². The molecule has 0 saturated heterocycles. The molecule has 0 spiro atoms. The Morgan fingerprint density at radius 2 is 1.82 bits per heavy atom. The van der Waals surface area contributed by atoms with Crippen LogP contribution in [0.5, 0.6) is 0 Å². The van der Waals surface area contributed by atoms with Gasteiger partial charge in [0, 0.05) is 11.4 Å². The number of halogens is 5. The Kier molecular flexibility index (Phi) is 5.99. The van der Waals surface area contributed by atoms with Gasteiger partial charge in [-0.15, -0.1) is 0 Å². The summed E-state index contributed by atoms with van der Waals surface area (Å²) in [7, 11) is 0. The molecule has 3 N–H and O–H groups in total. The molecular weight excluding hydrogens is 394 g/mol. The van der Waals surface area contributed by atoms with E-state index in [1.165, 1.54) is 39.0 Å². The molecule has 0 radical (unpaired) electrons. The van der Waals surface area contributed by atoms with Gasteiger partial charge in [-0.1, -0.05) is 31.5 Å². The van der Waals surface area contributed by atoms with Crippen LogP contribution in [0, 0.1) is 12.3 Å². The number of benzene rings is 1. The van der Waals surface area contributed by atoms with Gasteiger partial charge in [-0.25, -0.2) is 4.39 Å². The fourth-order valence-corrected chi connectivity index (χ4v) is 4.12. The van der Waals surface area contributed by atoms with E-state index in [0.29, 0.717) is 10.6 Å². The van der Waals surface area contributed by atoms with Gasteiger partial charge in [-0.3, -0.25) is 0 Å². The van der Waals surface area contributed by atoms with Gasteiger partial charge >= 0.3 is 6.18 Å². The topological polar surface area (TPSA) is 46.2 Å². The molecule has 2 nitrogen and oxygen atoms in total. The zero-order valence-electron chi connectivity index (χ0n) is 16.4. The molecule has 0 fully saturated rings. The van der Waals surface area contributed by atoms with Crippen molar-refractivity contribution in [1.29, 1.82) is 0 Å². The first-order valence-corrected chi connectivity index (χ1v) is 9.36. The number of aliphatic hydroxyl groups excluding tert-OH is 1. The zero-order chi connectivity index (χ0) is 21.5. The number of hydrogen-bond acceptors (Lipinski definition) is 2. The molecule has 1 aliphatic rings. The van der Waals surface area contributed by atoms with E-state index in [0.717, 1.165) is 5.56 Å². The number of alkyl halides is 4. The quantitative estimate of drug-likeness (QED) is 0.545. The molecule has 156 valence electrons. The second-order valence-electron chi connectivity index (χ2n) is 8.66. The normalized spacial score (nSPS) is 23.1. The van der Waals surface area contributed by atoms with E-state index in [2.05, 4.69) is 0 Å². The molecule has 0 saturated carbocycles. The zero-order valence-corrected chi connectivity index (χ0v) is 17.2. The Bertz CT molecular complexity index is 791. The average Bonchev–Trinajstić information content (AvgIpc) is 2.46. The second-order valence-corrected chi connectivity index (χ2v) is 9.09. The molecule has 2 unspecified atom stereocenters. The number of hydrogen-bond donors (Lipinski definition) is 2. The average molecular weight is 420 g/mol. The van der Waals surface area contributed by atoms with Crippen LogP contribution in [0.15, 0.2) is 41.7 Å². The summed E-state index contributed by atoms with van der Waals surface area (Å²) in [5, 5.41) is 10.5. The lowest BCUT2D eigenvalue weighted by atomic mass is 9.69. The maximum atomic E-state index is 14.4. The summed E-state index contributed by atoms with van der Waals surface area (Å²) in [4.78, 5) is 0. The van der Waals surface area contributed by atoms with Crippen LogP contribution in [-0.4, -0.2) is 22.5 Å². The highest BCUT2D eigenvalue weighted by atomic mass is 35.5. The molecule has 0 heterocycles. The third-order valence-corrected chi connectivity index (χ3v) is 5.31. The molecule has 1 aromatic carbocycles. The fraction of sp³-hybridized carbons (Fsp3) is 0.524. The van der Waals surface area contributed by atoms with E-state index in [-0.39, 0.29) is 17.8 Å². The van der Waals surface area contributed by atoms with Crippen molar-refractivity contribution in [3.8, 4) is 0 Å². The van der Waals surface area contributed by atoms with Crippen LogP contribution in [0.4, 0.5) is 17.6 Å². The number of nitrogens with two attached hydrogens (primary N) is 1. The summed E-state index contributed by atoms with van der Waals surface area (Å²) in [5.74, 6) is -0.205. The van der Waals surface area contributed by atoms with Gasteiger partial charge in [0.25, 0.3) is 0 Å². The first kappa shape index (κ1) is 22.8. The summed E-state index contributed by atoms with van der Waals surface area (Å²) in [6, 6.07) is 4.73. The van der Waals surface area contributed by atoms with Crippen molar-refractivity contribution in [3.05, 3.63) is 57.8 Å². The Labute approximate surface area is 168 Å². The summed E-state index contributed by atoms with van der Waals surface area (Å²) in [6.45, 7) is 6.12. The van der Waals surface area contributed by atoms with E-state index >= 15 is 0 Å². The summed E-state index contributed by atoms with van der Waals surface area (Å²) in [6.07, 6.45) is -3.27. The number of aliphatic hydroxyl groups is 1. The van der Waals surface area contributed by atoms with Crippen LogP contribution >= 0.6 is 11.6 Å². The van der Waals surface area contributed by atoms with Crippen molar-refractivity contribution in [2.45, 2.75) is 64.3 Å². The second kappa shape index (κ2) is 7.38. The Hall–Kier alpha value is -1.53. The minimum atomic E-state index is -4.71. The lowest BCUT2D eigenvalue weighted by molar-refractivity contribution is -0.192. The lowest BCUT2D eigenvalue weighted by Gasteiger charge is -2.41. The van der Waals surface area contributed by atoms with Crippen molar-refractivity contribution < 1.29 is 22.7 Å². The minimum Gasteiger partial charge on any atom is -0.508 e. The van der Waals surface area contributed by atoms with E-state index in [1.54, 1.807) is 19.1 Å². The molecule has 0 amide bonds. The smallest absolute Gasteiger partial charge is 0.406 e. The van der Waals surface area contributed by atoms with Crippen molar-refractivity contribution in [3.63, 3.8) is 0 Å². The van der Waals surface area contributed by atoms with Crippen LogP contribution in [-0.2, 0) is 6.42 Å². The van der Waals surface area contributed by atoms with Crippen molar-refractivity contribution in [2.24, 2.45) is 11.1 Å². The predicted octanol–water partition coefficient (Wildman–Crippen LogP) is 6.37. The van der Waals surface area contributed by atoms with Gasteiger partial charge in [-0.2, -0.15) is 13.2 Å². The number of aryl methyl sites for hydroxylation is 1. The van der Waals surface area contributed by atoms with Crippen LogP contribution in [0.1, 0.15) is 44.7 Å². The van der Waals surface area contributed by atoms with Gasteiger partial charge in [0.1, 0.15) is 17.0 Å². The van der Waals surface area contributed by atoms with Crippen LogP contribution in [0.2, 0.25) is 5.02 Å². The molecule has 0 bridgehead atoms. The van der Waals surface area contributed by atoms with E-state index in [4.69, 9.17) is 17.3 Å². The first-order chi connectivity index (χ1) is 12.5. The SMILES string of the molecule is Cc1cc(Cl)cc(CC(N)(CC(C)(C)C2=CC(C)(F)CC=C2O)C(F)(F)F)c1. The maximum absolute atomic E-state index is 14.4. The fourth-order valence-electron chi connectivity index (χ4n) is 3.81. The molecule has 28 heavy (non-hydrogen) atoms. The minimum absolute atomic E-state index is 0.0345. The third kappa shape index (κ3) is 5.09. The third-order valence-electron chi connectivity index (χ3n) is 5.09. The molecule has 7 heteroatoms. The first-order valence-electron chi connectivity index (χ1n) is 8.98. The summed E-state index contributed by atoms with van der Waals surface area (Å²) < 4.78 is 56.5. The van der Waals surface area contributed by atoms with Gasteiger partial charge in [0.05, 0.1) is 0 Å². The van der Waals surface area contributed by atoms with Gasteiger partial charge < -0.3 is 10.8 Å². The van der Waals surface area contributed by atoms with E-state index < -0.39 is 35.6 Å². The van der Waals surface area contributed by atoms with E-state index in [9.17, 15) is 22.7 Å². The largest absolute Gasteiger partial charge is 0.508 e. The standard InChI is InChI=1S/C21H26ClF4NO/c1-13-7-14(9-15(22)8-13)10-20(27,21(24,25)26)12-18(2,3)16-11-19(4,23)6-5-17(16)28/h5,7-9,11,28H,6,10,12,27H2,1-4H3. The molecule has 0 aliphatic heterocycles. The Morgan fingerprint density at radius 1 is 1.21 bits per heavy atom. The van der Waals surface area contributed by atoms with Crippen LogP contribution < -0.4 is 5.73 Å². The summed E-state index contributed by atoms with van der Waals surface area (Å²) >= 11 is 5.99. The highest BCUT2D eigenvalue weighted by molar-refractivity contribution is 6.30. The maximum Gasteiger partial charge on any atom is 0.406 e. The number of rotatable bonds is 5. The lowest BCUT2D eigenvalue weighted by Crippen LogP contribution is -2.57. The summed E-state index contributed by atoms with van der Waals surface area (Å²) in [5.41, 5.74) is 1.61. The van der Waals surface area contributed by atoms with Crippen molar-refractivity contribution in [2.75, 3.05) is 0 Å². The van der Waals surface area contributed by atoms with Crippen LogP contribution in [0.3, 0.4) is 0 Å². The molecule has 1 aromatic rings. The Morgan fingerprint density at radius 3 is 2.36 bits per heavy atom. The van der Waals surface area contributed by atoms with Gasteiger partial charge in [0.15, 0.2) is 0 Å². The van der Waals surface area contributed by atoms with Crippen molar-refractivity contribution >= 4 is 11.6 Å². The molecule has 2 atom stereocenters. The molecule has 2 rings (SSSR count). The molecular formula is C21H26ClF4NO. The predicted molar refractivity (Wildman–Crippen MR) is 104 cm³/mol. The van der Waals surface area contributed by atoms with Gasteiger partial charge in [0.2, 0.25) is 0 Å². The van der Waals surface area contributed by atoms with Crippen LogP contribution in [0.25, 0.3) is 0 Å². The van der Waals surface area contributed by atoms with Crippen molar-refractivity contribution in [1.82, 2.24) is 0 Å². The highest BCUT2D eigenvalue weighted by Crippen LogP contribution is 2.46. The molecule has 1 aliphatic carbocycles. The molecule has 0 aromatic heterocycles. The number of allylic oxidation sites excluding steroid dienone is 3. The monoisotopic (exact) mass is 419 g/mol.